The highest BCUT2D eigenvalue weighted by Gasteiger charge is 2.43. The number of nitrogens with zero attached hydrogens (tertiary/aromatic N) is 1. The highest BCUT2D eigenvalue weighted by molar-refractivity contribution is 6.05. The van der Waals surface area contributed by atoms with Crippen LogP contribution in [0.2, 0.25) is 0 Å². The average Bonchev–Trinajstić information content (AvgIpc) is 3.14. The summed E-state index contributed by atoms with van der Waals surface area (Å²) in [6, 6.07) is 6.29. The molecule has 0 aliphatic carbocycles. The van der Waals surface area contributed by atoms with E-state index in [1.54, 1.807) is 26.0 Å². The van der Waals surface area contributed by atoms with Crippen molar-refractivity contribution in [3.63, 3.8) is 0 Å². The second-order valence-corrected chi connectivity index (χ2v) is 9.80. The molecule has 0 spiro atoms. The smallest absolute Gasteiger partial charge is 0.407 e. The molecule has 2 heterocycles. The van der Waals surface area contributed by atoms with E-state index in [0.717, 1.165) is 31.3 Å². The number of carboxylic acid groups (broad SMARTS) is 1. The molecule has 3 aromatic rings. The molecule has 2 atom stereocenters. The van der Waals surface area contributed by atoms with Gasteiger partial charge in [-0.05, 0) is 62.1 Å². The monoisotopic (exact) mass is 492 g/mol. The summed E-state index contributed by atoms with van der Waals surface area (Å²) in [7, 11) is 2.08. The van der Waals surface area contributed by atoms with Crippen LogP contribution in [0.1, 0.15) is 44.7 Å². The molecule has 2 N–H and O–H groups in total. The quantitative estimate of drug-likeness (QED) is 0.417. The number of alkyl halides is 3. The normalized spacial score (nSPS) is 17.8. The minimum Gasteiger partial charge on any atom is -0.490 e. The molecule has 1 saturated heterocycles. The van der Waals surface area contributed by atoms with Gasteiger partial charge in [0.1, 0.15) is 35.1 Å². The van der Waals surface area contributed by atoms with Gasteiger partial charge in [0.05, 0.1) is 0 Å². The van der Waals surface area contributed by atoms with E-state index in [4.69, 9.17) is 9.15 Å². The largest absolute Gasteiger partial charge is 0.490 e. The molecule has 35 heavy (non-hydrogen) atoms. The zero-order valence-electron chi connectivity index (χ0n) is 20.1. The molecule has 9 heteroatoms. The summed E-state index contributed by atoms with van der Waals surface area (Å²) in [5.74, 6) is -0.692. The zero-order chi connectivity index (χ0) is 25.3. The van der Waals surface area contributed by atoms with Gasteiger partial charge in [0.25, 0.3) is 0 Å². The van der Waals surface area contributed by atoms with Crippen molar-refractivity contribution in [3.8, 4) is 5.75 Å². The van der Waals surface area contributed by atoms with Crippen molar-refractivity contribution in [2.45, 2.75) is 57.5 Å². The number of hydrogen-bond acceptors (Lipinski definition) is 5. The van der Waals surface area contributed by atoms with Crippen LogP contribution in [-0.4, -0.2) is 54.4 Å². The summed E-state index contributed by atoms with van der Waals surface area (Å²) in [5.41, 5.74) is 0.759. The summed E-state index contributed by atoms with van der Waals surface area (Å²) < 4.78 is 53.9. The van der Waals surface area contributed by atoms with Crippen molar-refractivity contribution in [3.05, 3.63) is 42.0 Å². The van der Waals surface area contributed by atoms with Gasteiger partial charge in [0.2, 0.25) is 0 Å². The first-order valence-corrected chi connectivity index (χ1v) is 11.9. The molecule has 0 bridgehead atoms. The molecular formula is C26H31F3N2O4. The van der Waals surface area contributed by atoms with Crippen LogP contribution < -0.4 is 10.1 Å². The molecule has 1 aliphatic heterocycles. The molecule has 0 amide bonds. The molecule has 6 nitrogen and oxygen atoms in total. The Bertz CT molecular complexity index is 1180. The average molecular weight is 493 g/mol. The maximum atomic E-state index is 14.0. The van der Waals surface area contributed by atoms with E-state index in [-0.39, 0.29) is 24.0 Å². The van der Waals surface area contributed by atoms with Gasteiger partial charge < -0.3 is 19.2 Å². The molecule has 1 fully saturated rings. The Morgan fingerprint density at radius 3 is 2.49 bits per heavy atom. The topological polar surface area (TPSA) is 74.9 Å². The minimum absolute atomic E-state index is 0.0782. The van der Waals surface area contributed by atoms with Crippen LogP contribution in [0.15, 0.2) is 40.8 Å². The van der Waals surface area contributed by atoms with Gasteiger partial charge in [0.15, 0.2) is 0 Å². The van der Waals surface area contributed by atoms with Crippen LogP contribution in [0, 0.1) is 5.92 Å². The van der Waals surface area contributed by atoms with Crippen molar-refractivity contribution in [2.75, 3.05) is 20.1 Å². The third-order valence-corrected chi connectivity index (χ3v) is 6.47. The maximum Gasteiger partial charge on any atom is 0.407 e. The Labute approximate surface area is 202 Å². The fourth-order valence-corrected chi connectivity index (χ4v) is 4.61. The number of carboxylic acids is 1. The summed E-state index contributed by atoms with van der Waals surface area (Å²) in [5, 5.41) is 13.2. The molecule has 0 radical (unpaired) electrons. The van der Waals surface area contributed by atoms with Crippen molar-refractivity contribution < 1.29 is 32.2 Å². The summed E-state index contributed by atoms with van der Waals surface area (Å²) in [6.45, 7) is 5.48. The van der Waals surface area contributed by atoms with E-state index < -0.39 is 24.2 Å². The lowest BCUT2D eigenvalue weighted by Gasteiger charge is -2.29. The van der Waals surface area contributed by atoms with E-state index >= 15 is 0 Å². The van der Waals surface area contributed by atoms with Gasteiger partial charge in [-0.25, -0.2) is 0 Å². The third kappa shape index (κ3) is 5.90. The Balaban J connectivity index is 1.63. The van der Waals surface area contributed by atoms with Gasteiger partial charge in [-0.3, -0.25) is 10.1 Å². The predicted molar refractivity (Wildman–Crippen MR) is 128 cm³/mol. The Morgan fingerprint density at radius 1 is 1.14 bits per heavy atom. The summed E-state index contributed by atoms with van der Waals surface area (Å²) in [4.78, 5) is 13.8. The van der Waals surface area contributed by atoms with Crippen LogP contribution in [0.5, 0.6) is 5.75 Å². The van der Waals surface area contributed by atoms with Crippen molar-refractivity contribution in [1.82, 2.24) is 10.2 Å². The van der Waals surface area contributed by atoms with Crippen LogP contribution in [0.3, 0.4) is 0 Å². The maximum absolute atomic E-state index is 14.0. The number of halogens is 3. The van der Waals surface area contributed by atoms with Crippen LogP contribution in [0.4, 0.5) is 13.2 Å². The Morgan fingerprint density at radius 2 is 1.86 bits per heavy atom. The Kier molecular flexibility index (Phi) is 7.28. The SMILES string of the molecule is CC(C)C[C@H](NC(c1ccc2c(c1)oc1ccc(OC3CCN(C)CC3)cc12)C(F)(F)F)C(=O)O. The zero-order valence-corrected chi connectivity index (χ0v) is 20.1. The fourth-order valence-electron chi connectivity index (χ4n) is 4.61. The number of benzene rings is 2. The number of rotatable bonds is 8. The number of hydrogen-bond donors (Lipinski definition) is 2. The molecule has 2 aromatic carbocycles. The van der Waals surface area contributed by atoms with E-state index in [1.165, 1.54) is 12.1 Å². The minimum atomic E-state index is -4.68. The number of likely N-dealkylation sites (tertiary alicyclic amines) is 1. The van der Waals surface area contributed by atoms with Gasteiger partial charge >= 0.3 is 12.1 Å². The van der Waals surface area contributed by atoms with Gasteiger partial charge in [-0.2, -0.15) is 13.2 Å². The standard InChI is InChI=1S/C26H31F3N2O4/c1-15(2)12-21(25(32)33)30-24(26(27,28)29)16-4-6-19-20-14-18(5-7-22(20)35-23(19)13-16)34-17-8-10-31(3)11-9-17/h4-7,13-15,17,21,24,30H,8-12H2,1-3H3,(H,32,33)/t21-,24?/m0/s1. The van der Waals surface area contributed by atoms with Crippen LogP contribution in [-0.2, 0) is 4.79 Å². The van der Waals surface area contributed by atoms with Crippen molar-refractivity contribution in [1.29, 1.82) is 0 Å². The lowest BCUT2D eigenvalue weighted by molar-refractivity contribution is -0.163. The molecule has 1 aromatic heterocycles. The number of nitrogens with one attached hydrogen (secondary N) is 1. The summed E-state index contributed by atoms with van der Waals surface area (Å²) >= 11 is 0. The number of carbonyl (C=O) groups is 1. The van der Waals surface area contributed by atoms with E-state index in [2.05, 4.69) is 17.3 Å². The van der Waals surface area contributed by atoms with Gasteiger partial charge in [-0.1, -0.05) is 26.0 Å². The van der Waals surface area contributed by atoms with Crippen molar-refractivity contribution >= 4 is 27.9 Å². The molecule has 190 valence electrons. The van der Waals surface area contributed by atoms with E-state index in [9.17, 15) is 23.1 Å². The van der Waals surface area contributed by atoms with E-state index in [1.807, 2.05) is 12.1 Å². The van der Waals surface area contributed by atoms with Crippen LogP contribution >= 0.6 is 0 Å². The van der Waals surface area contributed by atoms with Gasteiger partial charge in [-0.15, -0.1) is 0 Å². The van der Waals surface area contributed by atoms with Crippen molar-refractivity contribution in [2.24, 2.45) is 5.92 Å². The Hall–Kier alpha value is -2.78. The third-order valence-electron chi connectivity index (χ3n) is 6.47. The molecule has 0 saturated carbocycles. The van der Waals surface area contributed by atoms with Crippen LogP contribution in [0.25, 0.3) is 21.9 Å². The second-order valence-electron chi connectivity index (χ2n) is 9.80. The highest BCUT2D eigenvalue weighted by Crippen LogP contribution is 2.38. The molecule has 1 unspecified atom stereocenters. The number of furan rings is 1. The lowest BCUT2D eigenvalue weighted by Crippen LogP contribution is -2.45. The first-order chi connectivity index (χ1) is 16.5. The number of aliphatic carboxylic acids is 1. The second kappa shape index (κ2) is 10.1. The molecular weight excluding hydrogens is 461 g/mol. The molecule has 1 aliphatic rings. The van der Waals surface area contributed by atoms with Gasteiger partial charge in [0, 0.05) is 23.9 Å². The number of ether oxygens (including phenoxy) is 1. The highest BCUT2D eigenvalue weighted by atomic mass is 19.4. The first kappa shape index (κ1) is 25.3. The summed E-state index contributed by atoms with van der Waals surface area (Å²) in [6.07, 6.45) is -2.61. The molecule has 4 rings (SSSR count). The first-order valence-electron chi connectivity index (χ1n) is 11.9. The number of fused-ring (bicyclic) bond motifs is 3. The van der Waals surface area contributed by atoms with E-state index in [0.29, 0.717) is 22.3 Å². The fraction of sp³-hybridized carbons (Fsp3) is 0.500. The predicted octanol–water partition coefficient (Wildman–Crippen LogP) is 5.75. The lowest BCUT2D eigenvalue weighted by atomic mass is 9.99. The number of piperidine rings is 1.